The van der Waals surface area contributed by atoms with Crippen molar-refractivity contribution in [3.05, 3.63) is 71.3 Å². The number of hydrogen-bond donors (Lipinski definition) is 0. The zero-order chi connectivity index (χ0) is 17.7. The fraction of sp³-hybridized carbons (Fsp3) is 0.500. The fourth-order valence-electron chi connectivity index (χ4n) is 4.13. The Kier molecular flexibility index (Phi) is 5.96. The van der Waals surface area contributed by atoms with Crippen molar-refractivity contribution in [2.45, 2.75) is 51.9 Å². The Labute approximate surface area is 154 Å². The van der Waals surface area contributed by atoms with E-state index in [0.29, 0.717) is 0 Å². The van der Waals surface area contributed by atoms with Crippen molar-refractivity contribution < 1.29 is 0 Å². The lowest BCUT2D eigenvalue weighted by Gasteiger charge is -2.29. The van der Waals surface area contributed by atoms with Crippen molar-refractivity contribution in [3.8, 4) is 0 Å². The number of piperidine rings is 1. The monoisotopic (exact) mass is 335 g/mol. The maximum Gasteiger partial charge on any atom is 0.0146 e. The minimum absolute atomic E-state index is 0.0548. The average Bonchev–Trinajstić information content (AvgIpc) is 2.63. The van der Waals surface area contributed by atoms with Gasteiger partial charge in [0.2, 0.25) is 0 Å². The second-order valence-electron chi connectivity index (χ2n) is 8.36. The Morgan fingerprint density at radius 3 is 2.08 bits per heavy atom. The molecular formula is C24H33N. The highest BCUT2D eigenvalue weighted by Crippen LogP contribution is 2.31. The van der Waals surface area contributed by atoms with Gasteiger partial charge >= 0.3 is 0 Å². The number of rotatable bonds is 6. The molecule has 134 valence electrons. The highest BCUT2D eigenvalue weighted by Gasteiger charge is 2.22. The third-order valence-corrected chi connectivity index (χ3v) is 5.77. The van der Waals surface area contributed by atoms with Crippen LogP contribution in [0.2, 0.25) is 0 Å². The number of likely N-dealkylation sites (tertiary alicyclic amines) is 1. The van der Waals surface area contributed by atoms with Crippen molar-refractivity contribution >= 4 is 0 Å². The van der Waals surface area contributed by atoms with Gasteiger partial charge in [0.15, 0.2) is 0 Å². The van der Waals surface area contributed by atoms with Crippen molar-refractivity contribution in [1.82, 2.24) is 4.90 Å². The van der Waals surface area contributed by atoms with Crippen molar-refractivity contribution in [2.75, 3.05) is 19.6 Å². The van der Waals surface area contributed by atoms with E-state index in [2.05, 4.69) is 80.3 Å². The van der Waals surface area contributed by atoms with Crippen molar-refractivity contribution in [3.63, 3.8) is 0 Å². The molecule has 1 aliphatic heterocycles. The number of hydrogen-bond acceptors (Lipinski definition) is 1. The summed E-state index contributed by atoms with van der Waals surface area (Å²) in [6.07, 6.45) is 5.37. The third kappa shape index (κ3) is 4.73. The Bertz CT molecular complexity index is 636. The van der Waals surface area contributed by atoms with Gasteiger partial charge in [-0.1, -0.05) is 81.8 Å². The van der Waals surface area contributed by atoms with E-state index >= 15 is 0 Å². The van der Waals surface area contributed by atoms with E-state index in [1.165, 1.54) is 62.0 Å². The molecule has 1 nitrogen and oxygen atoms in total. The minimum Gasteiger partial charge on any atom is -0.303 e. The van der Waals surface area contributed by atoms with Gasteiger partial charge in [-0.25, -0.2) is 0 Å². The van der Waals surface area contributed by atoms with Crippen LogP contribution >= 0.6 is 0 Å². The summed E-state index contributed by atoms with van der Waals surface area (Å²) in [5, 5.41) is 0. The largest absolute Gasteiger partial charge is 0.303 e. The molecule has 2 aromatic rings. The molecule has 0 bridgehead atoms. The Morgan fingerprint density at radius 2 is 1.44 bits per heavy atom. The second kappa shape index (κ2) is 8.19. The molecule has 0 N–H and O–H groups in total. The van der Waals surface area contributed by atoms with Gasteiger partial charge in [0, 0.05) is 12.0 Å². The number of benzene rings is 2. The molecular weight excluding hydrogens is 302 g/mol. The van der Waals surface area contributed by atoms with E-state index < -0.39 is 0 Å². The Morgan fingerprint density at radius 1 is 0.840 bits per heavy atom. The maximum absolute atomic E-state index is 2.65. The highest BCUT2D eigenvalue weighted by atomic mass is 15.1. The summed E-state index contributed by atoms with van der Waals surface area (Å²) in [4.78, 5) is 2.65. The van der Waals surface area contributed by atoms with Crippen molar-refractivity contribution in [2.24, 2.45) is 5.92 Å². The van der Waals surface area contributed by atoms with Gasteiger partial charge in [-0.2, -0.15) is 0 Å². The van der Waals surface area contributed by atoms with Crippen molar-refractivity contribution in [1.29, 1.82) is 0 Å². The molecule has 0 radical (unpaired) electrons. The van der Waals surface area contributed by atoms with Gasteiger partial charge in [-0.15, -0.1) is 0 Å². The number of nitrogens with zero attached hydrogens (tertiary/aromatic N) is 1. The summed E-state index contributed by atoms with van der Waals surface area (Å²) in [6, 6.07) is 20.2. The fourth-order valence-corrected chi connectivity index (χ4v) is 4.13. The molecule has 0 saturated carbocycles. The van der Waals surface area contributed by atoms with Crippen LogP contribution < -0.4 is 0 Å². The summed E-state index contributed by atoms with van der Waals surface area (Å²) in [5.74, 6) is 0.728. The quantitative estimate of drug-likeness (QED) is 0.657. The molecule has 25 heavy (non-hydrogen) atoms. The SMILES string of the molecule is CC(Cc1ccc(C(C)(C)c2ccccc2)cc1)CN1CCCCC1. The Hall–Kier alpha value is -1.60. The molecule has 0 aromatic heterocycles. The molecule has 1 aliphatic rings. The van der Waals surface area contributed by atoms with Crippen LogP contribution in [0.4, 0.5) is 0 Å². The summed E-state index contributed by atoms with van der Waals surface area (Å²) >= 11 is 0. The molecule has 2 aromatic carbocycles. The van der Waals surface area contributed by atoms with E-state index in [0.717, 1.165) is 5.92 Å². The van der Waals surface area contributed by atoms with Gasteiger partial charge < -0.3 is 4.90 Å². The zero-order valence-electron chi connectivity index (χ0n) is 16.2. The lowest BCUT2D eigenvalue weighted by Crippen LogP contribution is -2.34. The first kappa shape index (κ1) is 18.2. The summed E-state index contributed by atoms with van der Waals surface area (Å²) in [5.41, 5.74) is 4.30. The van der Waals surface area contributed by atoms with E-state index in [-0.39, 0.29) is 5.41 Å². The van der Waals surface area contributed by atoms with E-state index in [4.69, 9.17) is 0 Å². The highest BCUT2D eigenvalue weighted by molar-refractivity contribution is 5.38. The van der Waals surface area contributed by atoms with Crippen LogP contribution in [0, 0.1) is 5.92 Å². The van der Waals surface area contributed by atoms with Crippen LogP contribution in [-0.2, 0) is 11.8 Å². The molecule has 3 rings (SSSR count). The lowest BCUT2D eigenvalue weighted by atomic mass is 9.78. The van der Waals surface area contributed by atoms with Crippen LogP contribution in [0.1, 0.15) is 56.7 Å². The zero-order valence-corrected chi connectivity index (χ0v) is 16.2. The molecule has 1 saturated heterocycles. The minimum atomic E-state index is 0.0548. The third-order valence-electron chi connectivity index (χ3n) is 5.77. The topological polar surface area (TPSA) is 3.24 Å². The molecule has 1 unspecified atom stereocenters. The Balaban J connectivity index is 1.62. The standard InChI is InChI=1S/C24H33N/c1-20(19-25-16-8-5-9-17-25)18-21-12-14-23(15-13-21)24(2,3)22-10-6-4-7-11-22/h4,6-7,10-15,20H,5,8-9,16-19H2,1-3H3. The van der Waals surface area contributed by atoms with Gasteiger partial charge in [0.25, 0.3) is 0 Å². The predicted molar refractivity (Wildman–Crippen MR) is 108 cm³/mol. The van der Waals surface area contributed by atoms with E-state index in [9.17, 15) is 0 Å². The van der Waals surface area contributed by atoms with E-state index in [1.54, 1.807) is 0 Å². The van der Waals surface area contributed by atoms with Crippen LogP contribution in [0.3, 0.4) is 0 Å². The smallest absolute Gasteiger partial charge is 0.0146 e. The first-order valence-electron chi connectivity index (χ1n) is 9.93. The van der Waals surface area contributed by atoms with E-state index in [1.807, 2.05) is 0 Å². The molecule has 1 fully saturated rings. The molecule has 0 amide bonds. The molecule has 0 spiro atoms. The second-order valence-corrected chi connectivity index (χ2v) is 8.36. The van der Waals surface area contributed by atoms with Gasteiger partial charge in [0.1, 0.15) is 0 Å². The van der Waals surface area contributed by atoms with Gasteiger partial charge in [0.05, 0.1) is 0 Å². The van der Waals surface area contributed by atoms with Crippen LogP contribution in [0.25, 0.3) is 0 Å². The van der Waals surface area contributed by atoms with Crippen LogP contribution in [0.5, 0.6) is 0 Å². The summed E-state index contributed by atoms with van der Waals surface area (Å²) < 4.78 is 0. The van der Waals surface area contributed by atoms with Gasteiger partial charge in [-0.05, 0) is 55.0 Å². The van der Waals surface area contributed by atoms with Gasteiger partial charge in [-0.3, -0.25) is 0 Å². The molecule has 1 heterocycles. The normalized spacial score (nSPS) is 17.4. The first-order chi connectivity index (χ1) is 12.1. The van der Waals surface area contributed by atoms with Crippen LogP contribution in [-0.4, -0.2) is 24.5 Å². The predicted octanol–water partition coefficient (Wildman–Crippen LogP) is 5.68. The summed E-state index contributed by atoms with van der Waals surface area (Å²) in [6.45, 7) is 10.9. The lowest BCUT2D eigenvalue weighted by molar-refractivity contribution is 0.200. The van der Waals surface area contributed by atoms with Crippen LogP contribution in [0.15, 0.2) is 54.6 Å². The summed E-state index contributed by atoms with van der Waals surface area (Å²) in [7, 11) is 0. The molecule has 1 heteroatoms. The average molecular weight is 336 g/mol. The maximum atomic E-state index is 2.65. The first-order valence-corrected chi connectivity index (χ1v) is 9.93. The molecule has 1 atom stereocenters. The molecule has 0 aliphatic carbocycles.